The number of nitrogens with zero attached hydrogens (tertiary/aromatic N) is 1. The van der Waals surface area contributed by atoms with Crippen LogP contribution in [0.25, 0.3) is 0 Å². The average Bonchev–Trinajstić information content (AvgIpc) is 2.82. The van der Waals surface area contributed by atoms with E-state index in [-0.39, 0.29) is 28.9 Å². The van der Waals surface area contributed by atoms with Crippen LogP contribution in [0.5, 0.6) is 5.75 Å². The van der Waals surface area contributed by atoms with Gasteiger partial charge < -0.3 is 10.1 Å². The number of hydrogen-bond acceptors (Lipinski definition) is 4. The maximum Gasteiger partial charge on any atom is 0.265 e. The molecule has 2 rings (SSSR count). The van der Waals surface area contributed by atoms with Gasteiger partial charge in [0.2, 0.25) is 0 Å². The summed E-state index contributed by atoms with van der Waals surface area (Å²) in [6, 6.07) is 14.8. The van der Waals surface area contributed by atoms with Gasteiger partial charge >= 0.3 is 0 Å². The molecule has 5 heteroatoms. The Morgan fingerprint density at radius 3 is 2.26 bits per heavy atom. The fraction of sp³-hybridized carbons (Fsp3) is 0.483. The van der Waals surface area contributed by atoms with Gasteiger partial charge in [0.1, 0.15) is 5.75 Å². The number of ether oxygens (including phenoxy) is 1. The highest BCUT2D eigenvalue weighted by Gasteiger charge is 2.29. The van der Waals surface area contributed by atoms with E-state index >= 15 is 0 Å². The molecule has 2 aromatic rings. The van der Waals surface area contributed by atoms with Crippen LogP contribution in [-0.4, -0.2) is 17.8 Å². The zero-order valence-corrected chi connectivity index (χ0v) is 21.6. The lowest BCUT2D eigenvalue weighted by molar-refractivity contribution is -0.122. The standard InChI is InChI=1S/C29H38N2O3/c1-8-25(27(33)31-22-13-11-12-20(18-22)24(32)16-17-30)34-26-15-14-21(28(4,5)9-2)19-23(26)29(6,7)10-3/h11-15,18-19,25H,8-10,16H2,1-7H3,(H,31,33). The number of rotatable bonds is 11. The minimum Gasteiger partial charge on any atom is -0.480 e. The third-order valence-electron chi connectivity index (χ3n) is 6.88. The second kappa shape index (κ2) is 11.3. The molecule has 1 atom stereocenters. The number of benzene rings is 2. The molecular formula is C29H38N2O3. The second-order valence-corrected chi connectivity index (χ2v) is 10.0. The van der Waals surface area contributed by atoms with Crippen molar-refractivity contribution in [2.45, 2.75) is 91.1 Å². The molecule has 0 aliphatic rings. The Labute approximate surface area is 204 Å². The van der Waals surface area contributed by atoms with Crippen molar-refractivity contribution < 1.29 is 14.3 Å². The zero-order chi connectivity index (χ0) is 25.5. The molecule has 182 valence electrons. The minimum absolute atomic E-state index is 0.0482. The van der Waals surface area contributed by atoms with E-state index in [1.165, 1.54) is 5.56 Å². The molecule has 0 aromatic heterocycles. The largest absolute Gasteiger partial charge is 0.480 e. The summed E-state index contributed by atoms with van der Waals surface area (Å²) >= 11 is 0. The van der Waals surface area contributed by atoms with Gasteiger partial charge in [-0.2, -0.15) is 5.26 Å². The van der Waals surface area contributed by atoms with Crippen LogP contribution in [0.2, 0.25) is 0 Å². The van der Waals surface area contributed by atoms with Crippen molar-refractivity contribution in [2.24, 2.45) is 0 Å². The topological polar surface area (TPSA) is 79.2 Å². The van der Waals surface area contributed by atoms with E-state index in [1.807, 2.05) is 19.1 Å². The first-order valence-electron chi connectivity index (χ1n) is 12.1. The van der Waals surface area contributed by atoms with Crippen LogP contribution in [0.15, 0.2) is 42.5 Å². The number of carbonyl (C=O) groups excluding carboxylic acids is 2. The van der Waals surface area contributed by atoms with Crippen LogP contribution in [-0.2, 0) is 15.6 Å². The van der Waals surface area contributed by atoms with E-state index in [1.54, 1.807) is 24.3 Å². The molecule has 0 radical (unpaired) electrons. The molecular weight excluding hydrogens is 424 g/mol. The van der Waals surface area contributed by atoms with E-state index in [2.05, 4.69) is 59.0 Å². The van der Waals surface area contributed by atoms with E-state index in [0.717, 1.165) is 24.2 Å². The lowest BCUT2D eigenvalue weighted by Gasteiger charge is -2.31. The number of amides is 1. The average molecular weight is 463 g/mol. The van der Waals surface area contributed by atoms with E-state index in [9.17, 15) is 9.59 Å². The second-order valence-electron chi connectivity index (χ2n) is 10.0. The molecule has 0 saturated carbocycles. The van der Waals surface area contributed by atoms with E-state index < -0.39 is 6.10 Å². The van der Waals surface area contributed by atoms with Gasteiger partial charge in [0.25, 0.3) is 5.91 Å². The summed E-state index contributed by atoms with van der Waals surface area (Å²) in [5, 5.41) is 11.6. The zero-order valence-electron chi connectivity index (χ0n) is 21.6. The van der Waals surface area contributed by atoms with E-state index in [4.69, 9.17) is 10.00 Å². The number of anilines is 1. The van der Waals surface area contributed by atoms with Crippen molar-refractivity contribution in [1.82, 2.24) is 0 Å². The van der Waals surface area contributed by atoms with Crippen molar-refractivity contribution in [1.29, 1.82) is 5.26 Å². The maximum absolute atomic E-state index is 13.1. The predicted molar refractivity (Wildman–Crippen MR) is 137 cm³/mol. The molecule has 5 nitrogen and oxygen atoms in total. The molecule has 2 aromatic carbocycles. The molecule has 0 heterocycles. The lowest BCUT2D eigenvalue weighted by Crippen LogP contribution is -2.33. The van der Waals surface area contributed by atoms with Crippen molar-refractivity contribution >= 4 is 17.4 Å². The van der Waals surface area contributed by atoms with Crippen molar-refractivity contribution in [2.75, 3.05) is 5.32 Å². The summed E-state index contributed by atoms with van der Waals surface area (Å²) in [6.07, 6.45) is 1.57. The first kappa shape index (κ1) is 27.1. The van der Waals surface area contributed by atoms with Gasteiger partial charge in [-0.3, -0.25) is 9.59 Å². The SMILES string of the molecule is CCC(Oc1ccc(C(C)(C)CC)cc1C(C)(C)CC)C(=O)Nc1cccc(C(=O)CC#N)c1. The highest BCUT2D eigenvalue weighted by Crippen LogP contribution is 2.39. The minimum atomic E-state index is -0.685. The monoisotopic (exact) mass is 462 g/mol. The normalized spacial score (nSPS) is 12.5. The summed E-state index contributed by atoms with van der Waals surface area (Å²) in [5.74, 6) is 0.177. The van der Waals surface area contributed by atoms with Gasteiger partial charge in [0, 0.05) is 16.8 Å². The van der Waals surface area contributed by atoms with Crippen LogP contribution in [0.3, 0.4) is 0 Å². The number of Topliss-reactive ketones (excluding diaryl/α,β-unsaturated/α-hetero) is 1. The Morgan fingerprint density at radius 2 is 1.68 bits per heavy atom. The molecule has 1 unspecified atom stereocenters. The molecule has 1 N–H and O–H groups in total. The number of hydrogen-bond donors (Lipinski definition) is 1. The van der Waals surface area contributed by atoms with Crippen LogP contribution < -0.4 is 10.1 Å². The quantitative estimate of drug-likeness (QED) is 0.366. The lowest BCUT2D eigenvalue weighted by atomic mass is 9.76. The predicted octanol–water partition coefficient (Wildman–Crippen LogP) is 6.95. The number of ketones is 1. The molecule has 34 heavy (non-hydrogen) atoms. The summed E-state index contributed by atoms with van der Waals surface area (Å²) in [4.78, 5) is 25.1. The summed E-state index contributed by atoms with van der Waals surface area (Å²) in [5.41, 5.74) is 3.20. The summed E-state index contributed by atoms with van der Waals surface area (Å²) in [6.45, 7) is 15.1. The van der Waals surface area contributed by atoms with Crippen molar-refractivity contribution in [3.63, 3.8) is 0 Å². The van der Waals surface area contributed by atoms with Crippen molar-refractivity contribution in [3.8, 4) is 11.8 Å². The van der Waals surface area contributed by atoms with Crippen LogP contribution in [0, 0.1) is 11.3 Å². The Bertz CT molecular complexity index is 1060. The third-order valence-corrected chi connectivity index (χ3v) is 6.88. The smallest absolute Gasteiger partial charge is 0.265 e. The Balaban J connectivity index is 2.32. The van der Waals surface area contributed by atoms with Gasteiger partial charge in [-0.1, -0.05) is 72.7 Å². The fourth-order valence-corrected chi connectivity index (χ4v) is 3.62. The molecule has 0 aliphatic carbocycles. The highest BCUT2D eigenvalue weighted by atomic mass is 16.5. The first-order valence-corrected chi connectivity index (χ1v) is 12.1. The molecule has 0 spiro atoms. The number of carbonyl (C=O) groups is 2. The summed E-state index contributed by atoms with van der Waals surface area (Å²) < 4.78 is 6.31. The van der Waals surface area contributed by atoms with Crippen LogP contribution in [0.4, 0.5) is 5.69 Å². The molecule has 0 fully saturated rings. The van der Waals surface area contributed by atoms with Gasteiger partial charge in [-0.25, -0.2) is 0 Å². The van der Waals surface area contributed by atoms with Gasteiger partial charge in [-0.05, 0) is 53.9 Å². The maximum atomic E-state index is 13.1. The number of nitriles is 1. The molecule has 1 amide bonds. The van der Waals surface area contributed by atoms with Crippen LogP contribution in [0.1, 0.15) is 95.6 Å². The Kier molecular flexibility index (Phi) is 9.04. The van der Waals surface area contributed by atoms with E-state index in [0.29, 0.717) is 17.7 Å². The van der Waals surface area contributed by atoms with Gasteiger partial charge in [-0.15, -0.1) is 0 Å². The Hall–Kier alpha value is -3.13. The highest BCUT2D eigenvalue weighted by molar-refractivity contribution is 6.00. The van der Waals surface area contributed by atoms with Crippen molar-refractivity contribution in [3.05, 3.63) is 59.2 Å². The third kappa shape index (κ3) is 6.47. The molecule has 0 saturated heterocycles. The summed E-state index contributed by atoms with van der Waals surface area (Å²) in [7, 11) is 0. The molecule has 0 aliphatic heterocycles. The first-order chi connectivity index (χ1) is 16.0. The molecule has 0 bridgehead atoms. The Morgan fingerprint density at radius 1 is 1.00 bits per heavy atom. The van der Waals surface area contributed by atoms with Crippen LogP contribution >= 0.6 is 0 Å². The van der Waals surface area contributed by atoms with Gasteiger partial charge in [0.05, 0.1) is 12.5 Å². The van der Waals surface area contributed by atoms with Gasteiger partial charge in [0.15, 0.2) is 11.9 Å². The number of nitrogens with one attached hydrogen (secondary N) is 1. The fourth-order valence-electron chi connectivity index (χ4n) is 3.62.